The molecule has 46 heavy (non-hydrogen) atoms. The Morgan fingerprint density at radius 2 is 1.63 bits per heavy atom. The highest BCUT2D eigenvalue weighted by Gasteiger charge is 2.51. The summed E-state index contributed by atoms with van der Waals surface area (Å²) in [4.78, 5) is 48.9. The summed E-state index contributed by atoms with van der Waals surface area (Å²) in [6.07, 6.45) is 1.84. The number of carbonyl (C=O) groups is 3. The summed E-state index contributed by atoms with van der Waals surface area (Å²) in [6, 6.07) is 28.9. The van der Waals surface area contributed by atoms with Crippen LogP contribution in [0.25, 0.3) is 0 Å². The molecule has 1 aromatic heterocycles. The van der Waals surface area contributed by atoms with E-state index in [9.17, 15) is 14.4 Å². The number of likely N-dealkylation sites (tertiary alicyclic amines) is 1. The Morgan fingerprint density at radius 1 is 0.935 bits per heavy atom. The average Bonchev–Trinajstić information content (AvgIpc) is 3.63. The highest BCUT2D eigenvalue weighted by molar-refractivity contribution is 6.09. The molecule has 0 aliphatic carbocycles. The fourth-order valence-electron chi connectivity index (χ4n) is 5.82. The maximum absolute atomic E-state index is 14.1. The third-order valence-corrected chi connectivity index (χ3v) is 8.11. The third-order valence-electron chi connectivity index (χ3n) is 8.11. The second-order valence-electron chi connectivity index (χ2n) is 11.1. The molecule has 1 saturated heterocycles. The second kappa shape index (κ2) is 14.6. The summed E-state index contributed by atoms with van der Waals surface area (Å²) in [5.41, 5.74) is 12.4. The van der Waals surface area contributed by atoms with Crippen LogP contribution in [0, 0.1) is 0 Å². The topological polar surface area (TPSA) is 154 Å². The Kier molecular flexibility index (Phi) is 10.1. The Morgan fingerprint density at radius 3 is 2.26 bits per heavy atom. The average molecular weight is 624 g/mol. The minimum Gasteiger partial charge on any atom is -0.467 e. The van der Waals surface area contributed by atoms with Crippen molar-refractivity contribution in [3.8, 4) is 0 Å². The van der Waals surface area contributed by atoms with Crippen molar-refractivity contribution in [2.24, 2.45) is 16.5 Å². The van der Waals surface area contributed by atoms with E-state index in [0.717, 1.165) is 11.1 Å². The molecule has 11 heteroatoms. The first-order valence-corrected chi connectivity index (χ1v) is 14.9. The predicted octanol–water partition coefficient (Wildman–Crippen LogP) is 4.37. The van der Waals surface area contributed by atoms with E-state index in [1.54, 1.807) is 36.4 Å². The van der Waals surface area contributed by atoms with Crippen molar-refractivity contribution in [1.29, 1.82) is 0 Å². The summed E-state index contributed by atoms with van der Waals surface area (Å²) >= 11 is 0. The molecule has 0 radical (unpaired) electrons. The molecule has 1 amide bonds. The number of hydrogen-bond acceptors (Lipinski definition) is 8. The first-order chi connectivity index (χ1) is 22.3. The second-order valence-corrected chi connectivity index (χ2v) is 11.1. The van der Waals surface area contributed by atoms with E-state index in [4.69, 9.17) is 25.4 Å². The third kappa shape index (κ3) is 7.27. The fourth-order valence-corrected chi connectivity index (χ4v) is 5.82. The van der Waals surface area contributed by atoms with Crippen molar-refractivity contribution in [1.82, 2.24) is 4.90 Å². The Bertz CT molecular complexity index is 1650. The minimum atomic E-state index is -1.39. The molecule has 0 bridgehead atoms. The molecule has 0 spiro atoms. The van der Waals surface area contributed by atoms with Crippen LogP contribution >= 0.6 is 0 Å². The number of rotatable bonds is 11. The molecule has 4 aromatic rings. The van der Waals surface area contributed by atoms with Gasteiger partial charge in [-0.15, -0.1) is 0 Å². The van der Waals surface area contributed by atoms with Gasteiger partial charge >= 0.3 is 11.9 Å². The van der Waals surface area contributed by atoms with Crippen LogP contribution in [-0.4, -0.2) is 61.0 Å². The van der Waals surface area contributed by atoms with E-state index >= 15 is 0 Å². The van der Waals surface area contributed by atoms with Crippen molar-refractivity contribution in [2.45, 2.75) is 30.9 Å². The lowest BCUT2D eigenvalue weighted by Crippen LogP contribution is -2.63. The molecule has 1 fully saturated rings. The molecule has 5 rings (SSSR count). The largest absolute Gasteiger partial charge is 0.467 e. The fraction of sp³-hybridized carbons (Fsp3) is 0.257. The number of furan rings is 1. The molecule has 4 N–H and O–H groups in total. The van der Waals surface area contributed by atoms with E-state index in [0.29, 0.717) is 31.0 Å². The summed E-state index contributed by atoms with van der Waals surface area (Å²) < 4.78 is 16.6. The van der Waals surface area contributed by atoms with E-state index in [2.05, 4.69) is 9.89 Å². The maximum Gasteiger partial charge on any atom is 0.332 e. The van der Waals surface area contributed by atoms with Gasteiger partial charge in [-0.3, -0.25) is 14.5 Å². The molecule has 1 unspecified atom stereocenters. The molecular weight excluding hydrogens is 586 g/mol. The van der Waals surface area contributed by atoms with Crippen LogP contribution in [0.4, 0.5) is 11.4 Å². The van der Waals surface area contributed by atoms with Crippen LogP contribution in [-0.2, 0) is 25.7 Å². The number of benzene rings is 3. The lowest BCUT2D eigenvalue weighted by molar-refractivity contribution is -0.150. The lowest BCUT2D eigenvalue weighted by atomic mass is 9.84. The zero-order valence-electron chi connectivity index (χ0n) is 25.6. The summed E-state index contributed by atoms with van der Waals surface area (Å²) in [7, 11) is 1.30. The van der Waals surface area contributed by atoms with E-state index in [1.807, 2.05) is 60.7 Å². The molecule has 11 nitrogen and oxygen atoms in total. The number of piperidine rings is 1. The van der Waals surface area contributed by atoms with Crippen molar-refractivity contribution < 1.29 is 28.3 Å². The number of nitrogens with zero attached hydrogens (tertiary/aromatic N) is 3. The summed E-state index contributed by atoms with van der Waals surface area (Å²) in [6.45, 7) is 1.30. The normalized spacial score (nSPS) is 14.9. The van der Waals surface area contributed by atoms with Crippen molar-refractivity contribution >= 4 is 35.2 Å². The highest BCUT2D eigenvalue weighted by atomic mass is 16.5. The number of aliphatic imine (C=N–C) groups is 1. The summed E-state index contributed by atoms with van der Waals surface area (Å²) in [5.74, 6) is -2.08. The minimum absolute atomic E-state index is 0.0586. The van der Waals surface area contributed by atoms with Crippen LogP contribution in [0.2, 0.25) is 0 Å². The van der Waals surface area contributed by atoms with Crippen LogP contribution in [0.1, 0.15) is 40.4 Å². The molecule has 1 aliphatic rings. The van der Waals surface area contributed by atoms with Crippen molar-refractivity contribution in [3.05, 3.63) is 120 Å². The van der Waals surface area contributed by atoms with Gasteiger partial charge < -0.3 is 30.3 Å². The zero-order valence-corrected chi connectivity index (χ0v) is 25.6. The van der Waals surface area contributed by atoms with Gasteiger partial charge in [-0.05, 0) is 54.3 Å². The van der Waals surface area contributed by atoms with Crippen LogP contribution < -0.4 is 16.4 Å². The number of carbonyl (C=O) groups excluding carboxylic acids is 3. The van der Waals surface area contributed by atoms with E-state index < -0.39 is 23.3 Å². The highest BCUT2D eigenvalue weighted by Crippen LogP contribution is 2.38. The molecule has 238 valence electrons. The monoisotopic (exact) mass is 623 g/mol. The quantitative estimate of drug-likeness (QED) is 0.141. The van der Waals surface area contributed by atoms with Crippen LogP contribution in [0.3, 0.4) is 0 Å². The van der Waals surface area contributed by atoms with E-state index in [-0.39, 0.29) is 37.1 Å². The van der Waals surface area contributed by atoms with Crippen LogP contribution in [0.15, 0.2) is 113 Å². The van der Waals surface area contributed by atoms with Gasteiger partial charge in [0.05, 0.1) is 25.0 Å². The number of esters is 2. The van der Waals surface area contributed by atoms with Gasteiger partial charge in [-0.25, -0.2) is 9.79 Å². The number of hydrogen-bond donors (Lipinski definition) is 2. The van der Waals surface area contributed by atoms with E-state index in [1.165, 1.54) is 18.3 Å². The predicted molar refractivity (Wildman–Crippen MR) is 173 cm³/mol. The molecule has 0 saturated carbocycles. The first-order valence-electron chi connectivity index (χ1n) is 14.9. The molecule has 1 aliphatic heterocycles. The van der Waals surface area contributed by atoms with Gasteiger partial charge in [0, 0.05) is 25.3 Å². The Hall–Kier alpha value is -5.42. The number of methoxy groups -OCH3 is 1. The van der Waals surface area contributed by atoms with Gasteiger partial charge in [0.1, 0.15) is 12.1 Å². The Labute approximate surface area is 267 Å². The SMILES string of the molecule is COC(=O)C1(N(C(=O)c2ccco2)c2cccc(N=C(N)N)c2)CCN(CC(C(=O)OCc2ccccc2)c2ccccc2)CC1. The number of anilines is 1. The lowest BCUT2D eigenvalue weighted by Gasteiger charge is -2.46. The van der Waals surface area contributed by atoms with Gasteiger partial charge in [0.2, 0.25) is 0 Å². The first kappa shape index (κ1) is 32.0. The van der Waals surface area contributed by atoms with Gasteiger partial charge in [-0.1, -0.05) is 66.7 Å². The van der Waals surface area contributed by atoms with Gasteiger partial charge in [0.25, 0.3) is 5.91 Å². The number of ether oxygens (including phenoxy) is 2. The van der Waals surface area contributed by atoms with Gasteiger partial charge in [0.15, 0.2) is 11.7 Å². The number of guanidine groups is 1. The molecular formula is C35H37N5O6. The molecule has 2 heterocycles. The maximum atomic E-state index is 14.1. The van der Waals surface area contributed by atoms with Crippen LogP contribution in [0.5, 0.6) is 0 Å². The summed E-state index contributed by atoms with van der Waals surface area (Å²) in [5, 5.41) is 0. The molecule has 3 aromatic carbocycles. The van der Waals surface area contributed by atoms with Gasteiger partial charge in [-0.2, -0.15) is 0 Å². The van der Waals surface area contributed by atoms with Crippen molar-refractivity contribution in [3.63, 3.8) is 0 Å². The molecule has 1 atom stereocenters. The smallest absolute Gasteiger partial charge is 0.332 e. The zero-order chi connectivity index (χ0) is 32.5. The Balaban J connectivity index is 1.42. The number of amides is 1. The number of nitrogens with two attached hydrogens (primary N) is 2. The standard InChI is InChI=1S/C35H37N5O6/c1-44-33(43)35(40(31(41)30-16-9-21-45-30)28-15-8-14-27(22-28)38-34(36)37)17-19-39(20-18-35)23-29(26-12-6-3-7-13-26)32(42)46-24-25-10-4-2-5-11-25/h2-16,21-22,29H,17-20,23-24H2,1H3,(H4,36,37,38). The van der Waals surface area contributed by atoms with Crippen molar-refractivity contribution in [2.75, 3.05) is 31.6 Å².